The Morgan fingerprint density at radius 2 is 1.88 bits per heavy atom. The average molecular weight is 222 g/mol. The zero-order chi connectivity index (χ0) is 11.5. The van der Waals surface area contributed by atoms with Crippen molar-refractivity contribution in [2.24, 2.45) is 0 Å². The maximum atomic E-state index is 13.5. The van der Waals surface area contributed by atoms with E-state index in [4.69, 9.17) is 4.74 Å². The van der Waals surface area contributed by atoms with Crippen LogP contribution in [0.1, 0.15) is 42.7 Å². The molecule has 1 aromatic rings. The number of aryl methyl sites for hydroxylation is 1. The Hall–Kier alpha value is -0.890. The van der Waals surface area contributed by atoms with Gasteiger partial charge in [-0.25, -0.2) is 4.39 Å². The number of methoxy groups -OCH3 is 1. The van der Waals surface area contributed by atoms with Gasteiger partial charge < -0.3 is 4.74 Å². The van der Waals surface area contributed by atoms with Crippen molar-refractivity contribution in [1.82, 2.24) is 0 Å². The van der Waals surface area contributed by atoms with Gasteiger partial charge in [0.1, 0.15) is 5.82 Å². The summed E-state index contributed by atoms with van der Waals surface area (Å²) in [6.07, 6.45) is 4.82. The van der Waals surface area contributed by atoms with Crippen LogP contribution in [0.15, 0.2) is 18.2 Å². The van der Waals surface area contributed by atoms with E-state index >= 15 is 0 Å². The lowest BCUT2D eigenvalue weighted by molar-refractivity contribution is 0.0658. The number of hydrogen-bond donors (Lipinski definition) is 0. The van der Waals surface area contributed by atoms with E-state index in [-0.39, 0.29) is 5.82 Å². The SMILES string of the molecule is COC1CCC(c2ccc(C)c(F)c2)CC1. The summed E-state index contributed by atoms with van der Waals surface area (Å²) in [5.41, 5.74) is 1.88. The molecule has 0 atom stereocenters. The zero-order valence-electron chi connectivity index (χ0n) is 10.0. The Balaban J connectivity index is 2.05. The second kappa shape index (κ2) is 4.96. The van der Waals surface area contributed by atoms with Gasteiger partial charge in [-0.15, -0.1) is 0 Å². The number of ether oxygens (including phenoxy) is 1. The predicted octanol–water partition coefficient (Wildman–Crippen LogP) is 3.81. The molecule has 1 fully saturated rings. The quantitative estimate of drug-likeness (QED) is 0.739. The smallest absolute Gasteiger partial charge is 0.126 e. The monoisotopic (exact) mass is 222 g/mol. The minimum Gasteiger partial charge on any atom is -0.381 e. The third-order valence-electron chi connectivity index (χ3n) is 3.67. The summed E-state index contributed by atoms with van der Waals surface area (Å²) in [4.78, 5) is 0. The largest absolute Gasteiger partial charge is 0.381 e. The van der Waals surface area contributed by atoms with E-state index in [1.807, 2.05) is 6.07 Å². The first-order chi connectivity index (χ1) is 7.70. The lowest BCUT2D eigenvalue weighted by Gasteiger charge is -2.27. The van der Waals surface area contributed by atoms with Crippen molar-refractivity contribution < 1.29 is 9.13 Å². The third-order valence-corrected chi connectivity index (χ3v) is 3.67. The topological polar surface area (TPSA) is 9.23 Å². The summed E-state index contributed by atoms with van der Waals surface area (Å²) >= 11 is 0. The van der Waals surface area contributed by atoms with Crippen LogP contribution in [0.25, 0.3) is 0 Å². The summed E-state index contributed by atoms with van der Waals surface area (Å²) in [7, 11) is 1.77. The van der Waals surface area contributed by atoms with Crippen LogP contribution in [0.3, 0.4) is 0 Å². The van der Waals surface area contributed by atoms with E-state index in [1.165, 1.54) is 0 Å². The van der Waals surface area contributed by atoms with E-state index in [9.17, 15) is 4.39 Å². The number of benzene rings is 1. The fourth-order valence-corrected chi connectivity index (χ4v) is 2.49. The minimum absolute atomic E-state index is 0.0774. The molecule has 1 aliphatic rings. The van der Waals surface area contributed by atoms with Crippen molar-refractivity contribution in [3.8, 4) is 0 Å². The first-order valence-corrected chi connectivity index (χ1v) is 5.99. The molecular formula is C14H19FO. The van der Waals surface area contributed by atoms with E-state index in [1.54, 1.807) is 20.1 Å². The molecular weight excluding hydrogens is 203 g/mol. The average Bonchev–Trinajstić information content (AvgIpc) is 2.33. The van der Waals surface area contributed by atoms with Crippen LogP contribution in [0.5, 0.6) is 0 Å². The van der Waals surface area contributed by atoms with Gasteiger partial charge in [-0.2, -0.15) is 0 Å². The van der Waals surface area contributed by atoms with Gasteiger partial charge in [-0.1, -0.05) is 12.1 Å². The molecule has 0 saturated heterocycles. The van der Waals surface area contributed by atoms with Crippen molar-refractivity contribution >= 4 is 0 Å². The molecule has 1 saturated carbocycles. The molecule has 0 N–H and O–H groups in total. The second-order valence-corrected chi connectivity index (χ2v) is 4.72. The first-order valence-electron chi connectivity index (χ1n) is 5.99. The Labute approximate surface area is 96.6 Å². The molecule has 0 spiro atoms. The summed E-state index contributed by atoms with van der Waals surface area (Å²) in [6.45, 7) is 1.81. The normalized spacial score (nSPS) is 25.7. The number of halogens is 1. The number of rotatable bonds is 2. The van der Waals surface area contributed by atoms with Gasteiger partial charge in [0.15, 0.2) is 0 Å². The fraction of sp³-hybridized carbons (Fsp3) is 0.571. The lowest BCUT2D eigenvalue weighted by Crippen LogP contribution is -2.19. The van der Waals surface area contributed by atoms with E-state index in [0.717, 1.165) is 36.8 Å². The molecule has 1 nitrogen and oxygen atoms in total. The zero-order valence-corrected chi connectivity index (χ0v) is 10.0. The summed E-state index contributed by atoms with van der Waals surface area (Å²) in [5.74, 6) is 0.438. The third kappa shape index (κ3) is 2.43. The van der Waals surface area contributed by atoms with Crippen LogP contribution in [0, 0.1) is 12.7 Å². The molecule has 1 aromatic carbocycles. The maximum absolute atomic E-state index is 13.5. The first kappa shape index (κ1) is 11.6. The Morgan fingerprint density at radius 1 is 1.19 bits per heavy atom. The van der Waals surface area contributed by atoms with Crippen molar-refractivity contribution in [3.05, 3.63) is 35.1 Å². The van der Waals surface area contributed by atoms with Crippen molar-refractivity contribution in [2.75, 3.05) is 7.11 Å². The second-order valence-electron chi connectivity index (χ2n) is 4.72. The molecule has 0 heterocycles. The molecule has 2 rings (SSSR count). The van der Waals surface area contributed by atoms with Crippen LogP contribution in [0.4, 0.5) is 4.39 Å². The van der Waals surface area contributed by atoms with Gasteiger partial charge >= 0.3 is 0 Å². The summed E-state index contributed by atoms with van der Waals surface area (Å²) < 4.78 is 18.8. The highest BCUT2D eigenvalue weighted by atomic mass is 19.1. The molecule has 0 aromatic heterocycles. The highest BCUT2D eigenvalue weighted by Gasteiger charge is 2.22. The van der Waals surface area contributed by atoms with Gasteiger partial charge in [0.2, 0.25) is 0 Å². The molecule has 1 aliphatic carbocycles. The standard InChI is InChI=1S/C14H19FO/c1-10-3-4-12(9-14(10)15)11-5-7-13(16-2)8-6-11/h3-4,9,11,13H,5-8H2,1-2H3. The highest BCUT2D eigenvalue weighted by Crippen LogP contribution is 2.34. The van der Waals surface area contributed by atoms with E-state index in [0.29, 0.717) is 12.0 Å². The van der Waals surface area contributed by atoms with Gasteiger partial charge in [-0.05, 0) is 55.7 Å². The predicted molar refractivity (Wildman–Crippen MR) is 63.1 cm³/mol. The van der Waals surface area contributed by atoms with Crippen LogP contribution in [-0.2, 0) is 4.74 Å². The molecule has 16 heavy (non-hydrogen) atoms. The summed E-state index contributed by atoms with van der Waals surface area (Å²) in [5, 5.41) is 0. The molecule has 0 amide bonds. The molecule has 0 bridgehead atoms. The van der Waals surface area contributed by atoms with Gasteiger partial charge in [0, 0.05) is 7.11 Å². The lowest BCUT2D eigenvalue weighted by atomic mass is 9.82. The van der Waals surface area contributed by atoms with Crippen molar-refractivity contribution in [2.45, 2.75) is 44.6 Å². The molecule has 0 aliphatic heterocycles. The Morgan fingerprint density at radius 3 is 2.44 bits per heavy atom. The van der Waals surface area contributed by atoms with Crippen LogP contribution < -0.4 is 0 Å². The highest BCUT2D eigenvalue weighted by molar-refractivity contribution is 5.26. The summed E-state index contributed by atoms with van der Waals surface area (Å²) in [6, 6.07) is 5.65. The van der Waals surface area contributed by atoms with Gasteiger partial charge in [0.05, 0.1) is 6.10 Å². The maximum Gasteiger partial charge on any atom is 0.126 e. The van der Waals surface area contributed by atoms with Gasteiger partial charge in [0.25, 0.3) is 0 Å². The molecule has 88 valence electrons. The number of hydrogen-bond acceptors (Lipinski definition) is 1. The van der Waals surface area contributed by atoms with E-state index in [2.05, 4.69) is 6.07 Å². The van der Waals surface area contributed by atoms with Crippen molar-refractivity contribution in [1.29, 1.82) is 0 Å². The molecule has 0 radical (unpaired) electrons. The van der Waals surface area contributed by atoms with E-state index < -0.39 is 0 Å². The van der Waals surface area contributed by atoms with Crippen molar-refractivity contribution in [3.63, 3.8) is 0 Å². The van der Waals surface area contributed by atoms with Crippen LogP contribution >= 0.6 is 0 Å². The minimum atomic E-state index is -0.0774. The molecule has 2 heteroatoms. The fourth-order valence-electron chi connectivity index (χ4n) is 2.49. The molecule has 0 unspecified atom stereocenters. The van der Waals surface area contributed by atoms with Gasteiger partial charge in [-0.3, -0.25) is 0 Å². The Kier molecular flexibility index (Phi) is 3.59. The Bertz CT molecular complexity index is 354. The van der Waals surface area contributed by atoms with Crippen LogP contribution in [-0.4, -0.2) is 13.2 Å². The van der Waals surface area contributed by atoms with Crippen LogP contribution in [0.2, 0.25) is 0 Å².